The van der Waals surface area contributed by atoms with Gasteiger partial charge >= 0.3 is 0 Å². The van der Waals surface area contributed by atoms with E-state index < -0.39 is 0 Å². The van der Waals surface area contributed by atoms with Gasteiger partial charge in [-0.15, -0.1) is 11.8 Å². The second kappa shape index (κ2) is 5.71. The molecule has 4 heteroatoms. The molecule has 0 bridgehead atoms. The normalized spacial score (nSPS) is 16.9. The van der Waals surface area contributed by atoms with E-state index in [1.54, 1.807) is 0 Å². The number of fused-ring (bicyclic) bond motifs is 2. The first kappa shape index (κ1) is 14.8. The molecule has 4 rings (SSSR count). The van der Waals surface area contributed by atoms with Crippen LogP contribution in [0.4, 0.5) is 0 Å². The van der Waals surface area contributed by atoms with Gasteiger partial charge in [-0.25, -0.2) is 0 Å². The van der Waals surface area contributed by atoms with Gasteiger partial charge in [-0.3, -0.25) is 0 Å². The van der Waals surface area contributed by atoms with E-state index in [1.165, 1.54) is 16.3 Å². The van der Waals surface area contributed by atoms with Crippen LogP contribution in [0.3, 0.4) is 0 Å². The average molecular weight is 325 g/mol. The van der Waals surface area contributed by atoms with Gasteiger partial charge in [-0.1, -0.05) is 42.5 Å². The lowest BCUT2D eigenvalue weighted by Crippen LogP contribution is -2.06. The smallest absolute Gasteiger partial charge is 0.106 e. The molecule has 2 aromatic carbocycles. The van der Waals surface area contributed by atoms with Crippen molar-refractivity contribution in [3.05, 3.63) is 70.5 Å². The Morgan fingerprint density at radius 3 is 2.57 bits per heavy atom. The Labute approximate surface area is 139 Å². The van der Waals surface area contributed by atoms with Gasteiger partial charge in [0.2, 0.25) is 0 Å². The summed E-state index contributed by atoms with van der Waals surface area (Å²) in [5.74, 6) is 0.866. The van der Waals surface area contributed by atoms with E-state index in [0.717, 1.165) is 28.3 Å². The lowest BCUT2D eigenvalue weighted by Gasteiger charge is -2.18. The third-order valence-electron chi connectivity index (χ3n) is 4.82. The Balaban J connectivity index is 1.93. The van der Waals surface area contributed by atoms with Crippen LogP contribution >= 0.6 is 11.8 Å². The highest BCUT2D eigenvalue weighted by atomic mass is 32.2. The molecule has 1 atom stereocenters. The van der Waals surface area contributed by atoms with Crippen molar-refractivity contribution in [2.45, 2.75) is 31.3 Å². The van der Waals surface area contributed by atoms with Gasteiger partial charge in [0.05, 0.1) is 13.2 Å². The summed E-state index contributed by atoms with van der Waals surface area (Å²) in [6, 6.07) is 14.9. The highest BCUT2D eigenvalue weighted by Crippen LogP contribution is 2.46. The van der Waals surface area contributed by atoms with Crippen molar-refractivity contribution in [3.8, 4) is 0 Å². The van der Waals surface area contributed by atoms with Crippen LogP contribution in [0.5, 0.6) is 0 Å². The van der Waals surface area contributed by atoms with E-state index in [-0.39, 0.29) is 18.6 Å². The fourth-order valence-electron chi connectivity index (χ4n) is 3.68. The number of aromatic nitrogens is 1. The van der Waals surface area contributed by atoms with Crippen molar-refractivity contribution in [2.75, 3.05) is 0 Å². The Morgan fingerprint density at radius 2 is 1.78 bits per heavy atom. The van der Waals surface area contributed by atoms with E-state index >= 15 is 0 Å². The monoisotopic (exact) mass is 325 g/mol. The first-order chi connectivity index (χ1) is 11.3. The number of hydrogen-bond donors (Lipinski definition) is 2. The van der Waals surface area contributed by atoms with E-state index in [4.69, 9.17) is 0 Å². The van der Waals surface area contributed by atoms with Crippen LogP contribution in [0.25, 0.3) is 10.8 Å². The van der Waals surface area contributed by atoms with Crippen molar-refractivity contribution in [3.63, 3.8) is 0 Å². The van der Waals surface area contributed by atoms with E-state index in [1.807, 2.05) is 18.7 Å². The molecule has 0 saturated carbocycles. The summed E-state index contributed by atoms with van der Waals surface area (Å²) in [7, 11) is 0. The molecule has 0 radical (unpaired) electrons. The second-order valence-corrected chi connectivity index (χ2v) is 6.98. The third kappa shape index (κ3) is 2.13. The van der Waals surface area contributed by atoms with Crippen molar-refractivity contribution < 1.29 is 10.2 Å². The van der Waals surface area contributed by atoms with Gasteiger partial charge in [0, 0.05) is 28.3 Å². The number of rotatable bonds is 3. The molecule has 3 nitrogen and oxygen atoms in total. The number of nitrogens with zero attached hydrogens (tertiary/aromatic N) is 1. The largest absolute Gasteiger partial charge is 0.392 e. The average Bonchev–Trinajstić information content (AvgIpc) is 3.13. The van der Waals surface area contributed by atoms with E-state index in [0.29, 0.717) is 0 Å². The fourth-order valence-corrected chi connectivity index (χ4v) is 5.13. The zero-order valence-corrected chi connectivity index (χ0v) is 13.8. The second-order valence-electron chi connectivity index (χ2n) is 5.91. The zero-order valence-electron chi connectivity index (χ0n) is 13.0. The SMILES string of the molecule is Cc1c(CO)c(CO)c2n1[C@@H](c1cccc3ccccc13)SC2. The molecule has 0 amide bonds. The predicted octanol–water partition coefficient (Wildman–Crippen LogP) is 3.73. The molecule has 2 N–H and O–H groups in total. The molecule has 1 aliphatic rings. The number of benzene rings is 2. The first-order valence-corrected chi connectivity index (χ1v) is 8.83. The summed E-state index contributed by atoms with van der Waals surface area (Å²) in [5.41, 5.74) is 5.29. The highest BCUT2D eigenvalue weighted by Gasteiger charge is 2.31. The van der Waals surface area contributed by atoms with Crippen molar-refractivity contribution in [1.82, 2.24) is 4.57 Å². The fraction of sp³-hybridized carbons (Fsp3) is 0.263. The minimum absolute atomic E-state index is 0.0120. The summed E-state index contributed by atoms with van der Waals surface area (Å²) in [6.45, 7) is 2.01. The number of thioether (sulfide) groups is 1. The van der Waals surface area contributed by atoms with Gasteiger partial charge < -0.3 is 14.8 Å². The molecule has 0 fully saturated rings. The minimum atomic E-state index is -0.0192. The Morgan fingerprint density at radius 1 is 1.04 bits per heavy atom. The maximum absolute atomic E-state index is 9.72. The zero-order chi connectivity index (χ0) is 16.0. The highest BCUT2D eigenvalue weighted by molar-refractivity contribution is 7.99. The van der Waals surface area contributed by atoms with Gasteiger partial charge in [0.25, 0.3) is 0 Å². The van der Waals surface area contributed by atoms with Crippen molar-refractivity contribution in [1.29, 1.82) is 0 Å². The minimum Gasteiger partial charge on any atom is -0.392 e. The molecule has 1 aromatic heterocycles. The van der Waals surface area contributed by atoms with Crippen LogP contribution in [0.2, 0.25) is 0 Å². The molecule has 0 saturated heterocycles. The number of aliphatic hydroxyl groups is 2. The lowest BCUT2D eigenvalue weighted by atomic mass is 10.0. The summed E-state index contributed by atoms with van der Waals surface area (Å²) < 4.78 is 2.30. The van der Waals surface area contributed by atoms with Crippen LogP contribution in [0.1, 0.15) is 33.5 Å². The molecule has 118 valence electrons. The van der Waals surface area contributed by atoms with Crippen molar-refractivity contribution >= 4 is 22.5 Å². The molecule has 0 aliphatic carbocycles. The molecule has 0 spiro atoms. The van der Waals surface area contributed by atoms with Crippen LogP contribution < -0.4 is 0 Å². The predicted molar refractivity (Wildman–Crippen MR) is 94.4 cm³/mol. The van der Waals surface area contributed by atoms with Gasteiger partial charge in [-0.2, -0.15) is 0 Å². The quantitative estimate of drug-likeness (QED) is 0.771. The summed E-state index contributed by atoms with van der Waals surface area (Å²) in [6.07, 6.45) is 0. The summed E-state index contributed by atoms with van der Waals surface area (Å²) in [5, 5.41) is 22.1. The lowest BCUT2D eigenvalue weighted by molar-refractivity contribution is 0.260. The number of hydrogen-bond acceptors (Lipinski definition) is 3. The Bertz CT molecular complexity index is 879. The number of aliphatic hydroxyl groups excluding tert-OH is 2. The van der Waals surface area contributed by atoms with Crippen LogP contribution in [0, 0.1) is 6.92 Å². The molecular weight excluding hydrogens is 306 g/mol. The maximum atomic E-state index is 9.72. The molecule has 1 aliphatic heterocycles. The van der Waals surface area contributed by atoms with Crippen LogP contribution in [0.15, 0.2) is 42.5 Å². The topological polar surface area (TPSA) is 45.4 Å². The molecule has 23 heavy (non-hydrogen) atoms. The van der Waals surface area contributed by atoms with Gasteiger partial charge in [0.15, 0.2) is 0 Å². The molecule has 3 aromatic rings. The molecule has 2 heterocycles. The molecular formula is C19H19NO2S. The van der Waals surface area contributed by atoms with Crippen LogP contribution in [-0.4, -0.2) is 14.8 Å². The van der Waals surface area contributed by atoms with Gasteiger partial charge in [-0.05, 0) is 23.3 Å². The first-order valence-electron chi connectivity index (χ1n) is 7.78. The summed E-state index contributed by atoms with van der Waals surface area (Å²) >= 11 is 1.88. The van der Waals surface area contributed by atoms with Gasteiger partial charge in [0.1, 0.15) is 5.37 Å². The molecule has 0 unspecified atom stereocenters. The Kier molecular flexibility index (Phi) is 3.68. The maximum Gasteiger partial charge on any atom is 0.106 e. The standard InChI is InChI=1S/C19H19NO2S/c1-12-16(9-21)17(10-22)18-11-23-19(20(12)18)15-8-4-6-13-5-2-3-7-14(13)15/h2-8,19,21-22H,9-11H2,1H3/t19-/m1/s1. The third-order valence-corrected chi connectivity index (χ3v) is 6.04. The van der Waals surface area contributed by atoms with E-state index in [2.05, 4.69) is 47.0 Å². The Hall–Kier alpha value is -1.75. The van der Waals surface area contributed by atoms with E-state index in [9.17, 15) is 10.2 Å². The van der Waals surface area contributed by atoms with Crippen molar-refractivity contribution in [2.24, 2.45) is 0 Å². The summed E-state index contributed by atoms with van der Waals surface area (Å²) in [4.78, 5) is 0. The van der Waals surface area contributed by atoms with Crippen LogP contribution in [-0.2, 0) is 19.0 Å².